The third kappa shape index (κ3) is 40.6. The summed E-state index contributed by atoms with van der Waals surface area (Å²) in [7, 11) is -9.70. The molecule has 58 heavy (non-hydrogen) atoms. The molecule has 0 bridgehead atoms. The Labute approximate surface area is 347 Å². The fourth-order valence-corrected chi connectivity index (χ4v) is 6.41. The maximum absolute atomic E-state index is 12.6. The van der Waals surface area contributed by atoms with Gasteiger partial charge in [0.05, 0.1) is 25.9 Å². The molecule has 0 aromatic heterocycles. The van der Waals surface area contributed by atoms with Gasteiger partial charge in [0.1, 0.15) is 12.7 Å². The molecule has 0 aliphatic heterocycles. The van der Waals surface area contributed by atoms with Crippen LogP contribution >= 0.6 is 15.6 Å². The van der Waals surface area contributed by atoms with E-state index < -0.39 is 72.3 Å². The Bertz CT molecular complexity index is 1280. The van der Waals surface area contributed by atoms with Gasteiger partial charge in [-0.15, -0.1) is 0 Å². The molecule has 0 aromatic carbocycles. The summed E-state index contributed by atoms with van der Waals surface area (Å²) in [5.41, 5.74) is 0. The summed E-state index contributed by atoms with van der Waals surface area (Å²) in [6.07, 6.45) is 35.4. The predicted molar refractivity (Wildman–Crippen MR) is 227 cm³/mol. The van der Waals surface area contributed by atoms with E-state index in [-0.39, 0.29) is 12.8 Å². The number of aliphatic hydroxyl groups is 2. The van der Waals surface area contributed by atoms with Crippen molar-refractivity contribution in [2.75, 3.05) is 26.4 Å². The van der Waals surface area contributed by atoms with Crippen LogP contribution in [0.1, 0.15) is 149 Å². The van der Waals surface area contributed by atoms with Crippen molar-refractivity contribution in [1.82, 2.24) is 0 Å². The maximum Gasteiger partial charge on any atom is 0.472 e. The first kappa shape index (κ1) is 55.8. The molecule has 0 saturated heterocycles. The Morgan fingerprint density at radius 1 is 0.569 bits per heavy atom. The molecule has 0 aliphatic rings. The third-order valence-corrected chi connectivity index (χ3v) is 9.92. The predicted octanol–water partition coefficient (Wildman–Crippen LogP) is 9.42. The Kier molecular flexibility index (Phi) is 36.3. The molecule has 2 unspecified atom stereocenters. The minimum atomic E-state index is -4.87. The average Bonchev–Trinajstić information content (AvgIpc) is 3.17. The maximum atomic E-state index is 12.6. The number of allylic oxidation sites excluding steroid dienone is 8. The Morgan fingerprint density at radius 2 is 1.07 bits per heavy atom. The quantitative estimate of drug-likeness (QED) is 0.0128. The minimum absolute atomic E-state index is 0.0962. The summed E-state index contributed by atoms with van der Waals surface area (Å²) in [5, 5.41) is 19.6. The molecule has 0 fully saturated rings. The van der Waals surface area contributed by atoms with Crippen LogP contribution in [0, 0.1) is 0 Å². The van der Waals surface area contributed by atoms with E-state index in [1.165, 1.54) is 25.7 Å². The van der Waals surface area contributed by atoms with E-state index in [0.29, 0.717) is 19.3 Å². The zero-order chi connectivity index (χ0) is 43.2. The van der Waals surface area contributed by atoms with Crippen LogP contribution in [0.25, 0.3) is 0 Å². The minimum Gasteiger partial charge on any atom is -0.462 e. The molecule has 0 heterocycles. The molecule has 16 heteroatoms. The first-order valence-corrected chi connectivity index (χ1v) is 24.1. The number of phosphoric ester groups is 2. The second-order valence-corrected chi connectivity index (χ2v) is 16.8. The van der Waals surface area contributed by atoms with Crippen LogP contribution in [0.4, 0.5) is 0 Å². The van der Waals surface area contributed by atoms with E-state index >= 15 is 0 Å². The number of ether oxygens (including phenoxy) is 2. The van der Waals surface area contributed by atoms with Gasteiger partial charge in [-0.2, -0.15) is 0 Å². The number of carbonyl (C=O) groups is 2. The summed E-state index contributed by atoms with van der Waals surface area (Å²) in [5.74, 6) is -1.11. The number of esters is 2. The van der Waals surface area contributed by atoms with Crippen molar-refractivity contribution in [2.24, 2.45) is 0 Å². The summed E-state index contributed by atoms with van der Waals surface area (Å²) in [6, 6.07) is 0. The van der Waals surface area contributed by atoms with Gasteiger partial charge in [0.15, 0.2) is 6.10 Å². The van der Waals surface area contributed by atoms with Gasteiger partial charge in [0.25, 0.3) is 0 Å². The van der Waals surface area contributed by atoms with Crippen molar-refractivity contribution >= 4 is 27.6 Å². The zero-order valence-electron chi connectivity index (χ0n) is 35.0. The van der Waals surface area contributed by atoms with Gasteiger partial charge >= 0.3 is 27.6 Å². The van der Waals surface area contributed by atoms with Crippen LogP contribution in [0.2, 0.25) is 0 Å². The summed E-state index contributed by atoms with van der Waals surface area (Å²) >= 11 is 0. The molecule has 336 valence electrons. The number of hydrogen-bond donors (Lipinski definition) is 5. The summed E-state index contributed by atoms with van der Waals surface area (Å²) in [4.78, 5) is 52.6. The van der Waals surface area contributed by atoms with Crippen molar-refractivity contribution in [3.8, 4) is 0 Å². The SMILES string of the molecule is CC/C=C/CC(O)/C=C/C=C/CCCCCCCC(=O)OC[C@H](COP(=O)(O)OC[C@@H](O)COP(=O)(O)O)OC(=O)CCCCCCC/C=C\C=C/CCCCCC. The second-order valence-electron chi connectivity index (χ2n) is 14.1. The van der Waals surface area contributed by atoms with Crippen LogP contribution in [-0.4, -0.2) is 81.6 Å². The number of rotatable bonds is 39. The standard InChI is InChI=1S/C42H74O14P2/c1-3-5-7-8-9-10-11-12-13-14-15-18-22-25-29-33-42(46)56-40(37-55-58(50,51)54-35-39(44)34-53-57(47,48)49)36-52-41(45)32-28-24-21-19-16-17-20-23-27-31-38(43)30-26-6-4-2/h6,10-13,20,23,26-27,31,38-40,43-44H,3-5,7-9,14-19,21-22,24-25,28-30,32-37H2,1-2H3,(H,50,51)(H2,47,48,49)/b11-10-,13-12-,23-20+,26-6+,31-27+/t38?,39-,40+/m0/s1. The third-order valence-electron chi connectivity index (χ3n) is 8.49. The van der Waals surface area contributed by atoms with Crippen LogP contribution < -0.4 is 0 Å². The van der Waals surface area contributed by atoms with Gasteiger partial charge < -0.3 is 34.4 Å². The lowest BCUT2D eigenvalue weighted by Gasteiger charge is -2.20. The number of carbonyl (C=O) groups excluding carboxylic acids is 2. The van der Waals surface area contributed by atoms with Crippen LogP contribution in [0.3, 0.4) is 0 Å². The lowest BCUT2D eigenvalue weighted by molar-refractivity contribution is -0.161. The highest BCUT2D eigenvalue weighted by Crippen LogP contribution is 2.43. The Morgan fingerprint density at radius 3 is 1.64 bits per heavy atom. The summed E-state index contributed by atoms with van der Waals surface area (Å²) < 4.78 is 47.7. The first-order chi connectivity index (χ1) is 27.8. The zero-order valence-corrected chi connectivity index (χ0v) is 36.8. The van der Waals surface area contributed by atoms with Gasteiger partial charge in [0, 0.05) is 12.8 Å². The normalized spacial score (nSPS) is 15.2. The number of hydrogen-bond acceptors (Lipinski definition) is 11. The van der Waals surface area contributed by atoms with E-state index in [0.717, 1.165) is 77.0 Å². The van der Waals surface area contributed by atoms with Crippen molar-refractivity contribution in [3.05, 3.63) is 60.8 Å². The summed E-state index contributed by atoms with van der Waals surface area (Å²) in [6.45, 7) is 1.46. The smallest absolute Gasteiger partial charge is 0.462 e. The Balaban J connectivity index is 4.64. The molecule has 0 spiro atoms. The van der Waals surface area contributed by atoms with Gasteiger partial charge in [0.2, 0.25) is 0 Å². The molecule has 0 amide bonds. The van der Waals surface area contributed by atoms with E-state index in [9.17, 15) is 33.8 Å². The van der Waals surface area contributed by atoms with E-state index in [1.54, 1.807) is 6.08 Å². The lowest BCUT2D eigenvalue weighted by atomic mass is 10.1. The molecule has 0 radical (unpaired) electrons. The fraction of sp³-hybridized carbons (Fsp3) is 0.714. The van der Waals surface area contributed by atoms with Crippen molar-refractivity contribution < 1.29 is 66.7 Å². The number of unbranched alkanes of at least 4 members (excludes halogenated alkanes) is 14. The number of phosphoric acid groups is 2. The van der Waals surface area contributed by atoms with Crippen LogP contribution in [-0.2, 0) is 41.8 Å². The molecule has 0 rings (SSSR count). The van der Waals surface area contributed by atoms with Gasteiger partial charge in [-0.3, -0.25) is 23.2 Å². The molecule has 0 aromatic rings. The van der Waals surface area contributed by atoms with Crippen molar-refractivity contribution in [3.63, 3.8) is 0 Å². The highest BCUT2D eigenvalue weighted by atomic mass is 31.2. The number of aliphatic hydroxyl groups excluding tert-OH is 2. The van der Waals surface area contributed by atoms with Crippen LogP contribution in [0.5, 0.6) is 0 Å². The first-order valence-electron chi connectivity index (χ1n) is 21.1. The molecule has 14 nitrogen and oxygen atoms in total. The van der Waals surface area contributed by atoms with Gasteiger partial charge in [-0.25, -0.2) is 9.13 Å². The molecule has 0 saturated carbocycles. The second kappa shape index (κ2) is 37.8. The van der Waals surface area contributed by atoms with E-state index in [2.05, 4.69) is 46.4 Å². The average molecular weight is 865 g/mol. The monoisotopic (exact) mass is 864 g/mol. The fourth-order valence-electron chi connectivity index (χ4n) is 5.26. The highest BCUT2D eigenvalue weighted by molar-refractivity contribution is 7.47. The Hall–Kier alpha value is -2.22. The van der Waals surface area contributed by atoms with Crippen molar-refractivity contribution in [1.29, 1.82) is 0 Å². The molecule has 0 aliphatic carbocycles. The van der Waals surface area contributed by atoms with E-state index in [1.807, 2.05) is 31.2 Å². The largest absolute Gasteiger partial charge is 0.472 e. The molecular weight excluding hydrogens is 790 g/mol. The van der Waals surface area contributed by atoms with Crippen LogP contribution in [0.15, 0.2) is 60.8 Å². The lowest BCUT2D eigenvalue weighted by Crippen LogP contribution is -2.30. The van der Waals surface area contributed by atoms with Crippen molar-refractivity contribution in [2.45, 2.75) is 167 Å². The molecular formula is C42H74O14P2. The highest BCUT2D eigenvalue weighted by Gasteiger charge is 2.28. The molecule has 5 N–H and O–H groups in total. The topological polar surface area (TPSA) is 216 Å². The van der Waals surface area contributed by atoms with Gasteiger partial charge in [-0.1, -0.05) is 132 Å². The van der Waals surface area contributed by atoms with E-state index in [4.69, 9.17) is 23.8 Å². The van der Waals surface area contributed by atoms with Gasteiger partial charge in [-0.05, 0) is 64.2 Å². The molecule has 4 atom stereocenters.